The van der Waals surface area contributed by atoms with E-state index in [4.69, 9.17) is 5.84 Å². The van der Waals surface area contributed by atoms with Crippen molar-refractivity contribution in [3.63, 3.8) is 0 Å². The van der Waals surface area contributed by atoms with Crippen molar-refractivity contribution in [2.45, 2.75) is 19.8 Å². The maximum Gasteiger partial charge on any atom is 0.221 e. The topological polar surface area (TPSA) is 105 Å². The zero-order chi connectivity index (χ0) is 12.7. The number of hydrazine groups is 1. The first-order valence-electron chi connectivity index (χ1n) is 5.48. The Morgan fingerprint density at radius 1 is 1.41 bits per heavy atom. The summed E-state index contributed by atoms with van der Waals surface area (Å²) in [5.41, 5.74) is 2.48. The summed E-state index contributed by atoms with van der Waals surface area (Å²) in [4.78, 5) is 19.5. The number of nitrogens with two attached hydrogens (primary N) is 1. The van der Waals surface area contributed by atoms with E-state index in [0.29, 0.717) is 30.4 Å². The largest absolute Gasteiger partial charge is 0.369 e. The summed E-state index contributed by atoms with van der Waals surface area (Å²) in [6.45, 7) is 2.48. The molecule has 0 unspecified atom stereocenters. The Labute approximate surface area is 100 Å². The fourth-order valence-corrected chi connectivity index (χ4v) is 1.25. The van der Waals surface area contributed by atoms with Crippen LogP contribution in [0.1, 0.15) is 19.2 Å². The summed E-state index contributed by atoms with van der Waals surface area (Å²) in [6.07, 6.45) is 1.12. The number of hydrogen-bond acceptors (Lipinski definition) is 6. The third-order valence-electron chi connectivity index (χ3n) is 2.17. The van der Waals surface area contributed by atoms with Crippen LogP contribution in [0.4, 0.5) is 11.6 Å². The van der Waals surface area contributed by atoms with Crippen molar-refractivity contribution in [1.82, 2.24) is 15.3 Å². The molecular formula is C10H18N6O. The summed E-state index contributed by atoms with van der Waals surface area (Å²) in [6, 6.07) is 1.70. The number of aryl methyl sites for hydroxylation is 1. The Kier molecular flexibility index (Phi) is 5.15. The highest BCUT2D eigenvalue weighted by atomic mass is 16.1. The van der Waals surface area contributed by atoms with Crippen LogP contribution in [-0.4, -0.2) is 29.5 Å². The molecule has 1 aromatic rings. The van der Waals surface area contributed by atoms with Crippen molar-refractivity contribution in [1.29, 1.82) is 0 Å². The molecule has 1 heterocycles. The van der Waals surface area contributed by atoms with Gasteiger partial charge in [0.1, 0.15) is 17.5 Å². The first-order chi connectivity index (χ1) is 8.19. The van der Waals surface area contributed by atoms with Gasteiger partial charge in [0.15, 0.2) is 0 Å². The molecule has 0 saturated carbocycles. The maximum absolute atomic E-state index is 11.0. The van der Waals surface area contributed by atoms with Crippen molar-refractivity contribution in [3.8, 4) is 0 Å². The van der Waals surface area contributed by atoms with Crippen LogP contribution in [0.3, 0.4) is 0 Å². The number of nitrogens with zero attached hydrogens (tertiary/aromatic N) is 2. The number of amides is 1. The lowest BCUT2D eigenvalue weighted by atomic mass is 10.4. The summed E-state index contributed by atoms with van der Waals surface area (Å²) >= 11 is 0. The molecule has 7 nitrogen and oxygen atoms in total. The number of nitrogen functional groups attached to an aromatic ring is 1. The number of anilines is 2. The van der Waals surface area contributed by atoms with Crippen molar-refractivity contribution in [3.05, 3.63) is 11.9 Å². The minimum atomic E-state index is -0.0144. The van der Waals surface area contributed by atoms with Gasteiger partial charge in [-0.15, -0.1) is 0 Å². The van der Waals surface area contributed by atoms with Gasteiger partial charge in [0, 0.05) is 32.5 Å². The Morgan fingerprint density at radius 2 is 2.12 bits per heavy atom. The number of rotatable bonds is 6. The first kappa shape index (κ1) is 13.2. The van der Waals surface area contributed by atoms with Gasteiger partial charge in [0.25, 0.3) is 0 Å². The van der Waals surface area contributed by atoms with Crippen molar-refractivity contribution in [2.24, 2.45) is 5.84 Å². The van der Waals surface area contributed by atoms with E-state index in [1.54, 1.807) is 13.1 Å². The average Bonchev–Trinajstić information content (AvgIpc) is 2.37. The van der Waals surface area contributed by atoms with E-state index in [2.05, 4.69) is 26.0 Å². The lowest BCUT2D eigenvalue weighted by Crippen LogP contribution is -2.21. The van der Waals surface area contributed by atoms with Crippen LogP contribution in [0, 0.1) is 0 Å². The molecule has 0 radical (unpaired) electrons. The number of carbonyl (C=O) groups is 1. The standard InChI is InChI=1S/C10H18N6O/c1-3-7-14-8(6-9(15-7)16-11)13-5-4-10(17)12-2/h6H,3-5,11H2,1-2H3,(H,12,17)(H2,13,14,15,16). The third kappa shape index (κ3) is 4.23. The fourth-order valence-electron chi connectivity index (χ4n) is 1.25. The van der Waals surface area contributed by atoms with E-state index in [9.17, 15) is 4.79 Å². The Hall–Kier alpha value is -1.89. The summed E-state index contributed by atoms with van der Waals surface area (Å²) in [5, 5.41) is 5.60. The molecule has 0 saturated heterocycles. The van der Waals surface area contributed by atoms with E-state index < -0.39 is 0 Å². The lowest BCUT2D eigenvalue weighted by Gasteiger charge is -2.08. The predicted molar refractivity (Wildman–Crippen MR) is 66.4 cm³/mol. The van der Waals surface area contributed by atoms with Gasteiger partial charge >= 0.3 is 0 Å². The molecule has 0 fully saturated rings. The van der Waals surface area contributed by atoms with Crippen LogP contribution >= 0.6 is 0 Å². The average molecular weight is 238 g/mol. The van der Waals surface area contributed by atoms with Crippen LogP contribution in [-0.2, 0) is 11.2 Å². The monoisotopic (exact) mass is 238 g/mol. The highest BCUT2D eigenvalue weighted by molar-refractivity contribution is 5.76. The molecule has 0 bridgehead atoms. The van der Waals surface area contributed by atoms with Gasteiger partial charge in [-0.1, -0.05) is 6.92 Å². The minimum absolute atomic E-state index is 0.0144. The molecule has 0 atom stereocenters. The van der Waals surface area contributed by atoms with E-state index in [0.717, 1.165) is 6.42 Å². The van der Waals surface area contributed by atoms with E-state index >= 15 is 0 Å². The molecule has 0 aliphatic heterocycles. The van der Waals surface area contributed by atoms with Crippen LogP contribution in [0.2, 0.25) is 0 Å². The van der Waals surface area contributed by atoms with E-state index in [1.165, 1.54) is 0 Å². The zero-order valence-electron chi connectivity index (χ0n) is 10.1. The molecule has 1 amide bonds. The normalized spacial score (nSPS) is 9.82. The van der Waals surface area contributed by atoms with Gasteiger partial charge in [-0.3, -0.25) is 4.79 Å². The number of aromatic nitrogens is 2. The Balaban J connectivity index is 2.60. The van der Waals surface area contributed by atoms with Gasteiger partial charge in [-0.05, 0) is 0 Å². The molecule has 1 rings (SSSR count). The second kappa shape index (κ2) is 6.64. The predicted octanol–water partition coefficient (Wildman–Crippen LogP) is -0.127. The molecule has 5 N–H and O–H groups in total. The van der Waals surface area contributed by atoms with Crippen molar-refractivity contribution >= 4 is 17.5 Å². The van der Waals surface area contributed by atoms with Crippen molar-refractivity contribution < 1.29 is 4.79 Å². The molecule has 0 aromatic carbocycles. The number of hydrogen-bond donors (Lipinski definition) is 4. The quantitative estimate of drug-likeness (QED) is 0.406. The molecule has 0 aliphatic carbocycles. The molecule has 1 aromatic heterocycles. The third-order valence-corrected chi connectivity index (χ3v) is 2.17. The molecule has 17 heavy (non-hydrogen) atoms. The Morgan fingerprint density at radius 3 is 2.71 bits per heavy atom. The lowest BCUT2D eigenvalue weighted by molar-refractivity contribution is -0.120. The van der Waals surface area contributed by atoms with Gasteiger partial charge in [-0.2, -0.15) is 0 Å². The molecule has 0 aliphatic rings. The summed E-state index contributed by atoms with van der Waals surface area (Å²) in [5.74, 6) is 7.21. The van der Waals surface area contributed by atoms with Gasteiger partial charge in [0.05, 0.1) is 0 Å². The van der Waals surface area contributed by atoms with Crippen LogP contribution in [0.25, 0.3) is 0 Å². The zero-order valence-corrected chi connectivity index (χ0v) is 10.1. The highest BCUT2D eigenvalue weighted by Crippen LogP contribution is 2.10. The van der Waals surface area contributed by atoms with Gasteiger partial charge < -0.3 is 16.1 Å². The van der Waals surface area contributed by atoms with E-state index in [-0.39, 0.29) is 5.91 Å². The second-order valence-corrected chi connectivity index (χ2v) is 3.40. The molecule has 94 valence electrons. The SMILES string of the molecule is CCc1nc(NN)cc(NCCC(=O)NC)n1. The van der Waals surface area contributed by atoms with Crippen LogP contribution in [0.15, 0.2) is 6.07 Å². The van der Waals surface area contributed by atoms with Crippen LogP contribution in [0.5, 0.6) is 0 Å². The smallest absolute Gasteiger partial charge is 0.221 e. The van der Waals surface area contributed by atoms with Crippen molar-refractivity contribution in [2.75, 3.05) is 24.3 Å². The number of nitrogens with one attached hydrogen (secondary N) is 3. The summed E-state index contributed by atoms with van der Waals surface area (Å²) < 4.78 is 0. The highest BCUT2D eigenvalue weighted by Gasteiger charge is 2.03. The maximum atomic E-state index is 11.0. The summed E-state index contributed by atoms with van der Waals surface area (Å²) in [7, 11) is 1.61. The molecule has 0 spiro atoms. The molecular weight excluding hydrogens is 220 g/mol. The van der Waals surface area contributed by atoms with Crippen LogP contribution < -0.4 is 21.9 Å². The first-order valence-corrected chi connectivity index (χ1v) is 5.48. The minimum Gasteiger partial charge on any atom is -0.369 e. The Bertz CT molecular complexity index is 359. The molecule has 7 heteroatoms. The number of carbonyl (C=O) groups excluding carboxylic acids is 1. The van der Waals surface area contributed by atoms with E-state index in [1.807, 2.05) is 6.92 Å². The van der Waals surface area contributed by atoms with Gasteiger partial charge in [-0.25, -0.2) is 15.8 Å². The fraction of sp³-hybridized carbons (Fsp3) is 0.500. The second-order valence-electron chi connectivity index (χ2n) is 3.40. The van der Waals surface area contributed by atoms with Gasteiger partial charge in [0.2, 0.25) is 5.91 Å².